The van der Waals surface area contributed by atoms with Crippen LogP contribution in [0.2, 0.25) is 0 Å². The molecule has 1 aliphatic carbocycles. The Bertz CT molecular complexity index is 1280. The third kappa shape index (κ3) is 28.4. The first-order valence-electron chi connectivity index (χ1n) is 26.0. The average molecular weight is 950 g/mol. The molecule has 1 saturated carbocycles. The number of aliphatic hydroxyl groups excluding tert-OH is 3. The first-order valence-corrected chi connectivity index (χ1v) is 27.5. The Morgan fingerprint density at radius 1 is 0.646 bits per heavy atom. The van der Waals surface area contributed by atoms with Gasteiger partial charge in [0.15, 0.2) is 12.4 Å². The van der Waals surface area contributed by atoms with Gasteiger partial charge in [-0.3, -0.25) is 23.4 Å². The normalized spacial score (nSPS) is 23.7. The minimum absolute atomic E-state index is 0.154. The topological polar surface area (TPSA) is 217 Å². The number of nitrogens with one attached hydrogen (secondary N) is 1. The molecule has 16 heteroatoms. The molecule has 0 spiro atoms. The summed E-state index contributed by atoms with van der Waals surface area (Å²) in [5.41, 5.74) is 0. The number of carbonyl (C=O) groups is 3. The van der Waals surface area contributed by atoms with Crippen LogP contribution in [0.25, 0.3) is 0 Å². The van der Waals surface area contributed by atoms with E-state index in [-0.39, 0.29) is 19.4 Å². The van der Waals surface area contributed by atoms with Gasteiger partial charge in [0.1, 0.15) is 31.0 Å². The van der Waals surface area contributed by atoms with E-state index in [0.29, 0.717) is 38.5 Å². The van der Waals surface area contributed by atoms with E-state index in [1.54, 1.807) is 0 Å². The van der Waals surface area contributed by atoms with Crippen LogP contribution >= 0.6 is 7.82 Å². The monoisotopic (exact) mass is 950 g/mol. The van der Waals surface area contributed by atoms with Gasteiger partial charge in [-0.05, 0) is 25.7 Å². The quantitative estimate of drug-likeness (QED) is 0.0220. The highest BCUT2D eigenvalue weighted by Gasteiger charge is 2.47. The number of unbranched alkanes of at least 4 members (excludes halogenated alkanes) is 24. The zero-order chi connectivity index (χ0) is 47.5. The fraction of sp³-hybridized carbons (Fsp3) is 0.939. The van der Waals surface area contributed by atoms with Gasteiger partial charge in [0.2, 0.25) is 5.91 Å². The summed E-state index contributed by atoms with van der Waals surface area (Å²) >= 11 is 0. The summed E-state index contributed by atoms with van der Waals surface area (Å²) in [4.78, 5) is 48.6. The van der Waals surface area contributed by atoms with Crippen LogP contribution in [0.1, 0.15) is 226 Å². The summed E-state index contributed by atoms with van der Waals surface area (Å²) in [6, 6.07) is -1.20. The largest absolute Gasteiger partial charge is 0.472 e. The number of hydrogen-bond acceptors (Lipinski definition) is 13. The molecule has 0 radical (unpaired) electrons. The van der Waals surface area contributed by atoms with Gasteiger partial charge in [-0.1, -0.05) is 181 Å². The van der Waals surface area contributed by atoms with Crippen LogP contribution in [0.3, 0.4) is 0 Å². The minimum Gasteiger partial charge on any atom is -0.462 e. The first-order chi connectivity index (χ1) is 31.4. The molecule has 1 amide bonds. The minimum atomic E-state index is -4.82. The van der Waals surface area contributed by atoms with Gasteiger partial charge in [-0.2, -0.15) is 0 Å². The number of phosphoric ester groups is 1. The van der Waals surface area contributed by atoms with Gasteiger partial charge in [-0.15, -0.1) is 0 Å². The summed E-state index contributed by atoms with van der Waals surface area (Å²) in [5.74, 6) is -1.48. The molecule has 2 rings (SSSR count). The Labute approximate surface area is 392 Å². The third-order valence-electron chi connectivity index (χ3n) is 12.6. The predicted molar refractivity (Wildman–Crippen MR) is 251 cm³/mol. The van der Waals surface area contributed by atoms with Crippen molar-refractivity contribution in [3.63, 3.8) is 0 Å². The van der Waals surface area contributed by atoms with E-state index < -0.39 is 87.8 Å². The van der Waals surface area contributed by atoms with Crippen molar-refractivity contribution in [3.05, 3.63) is 0 Å². The second-order valence-electron chi connectivity index (χ2n) is 18.6. The van der Waals surface area contributed by atoms with Crippen molar-refractivity contribution in [2.24, 2.45) is 0 Å². The van der Waals surface area contributed by atoms with Crippen molar-refractivity contribution in [2.45, 2.75) is 275 Å². The van der Waals surface area contributed by atoms with Crippen molar-refractivity contribution < 1.29 is 67.2 Å². The standard InChI is InChI=1S/C49H92NO14P/c1-4-6-8-10-12-14-16-18-20-22-24-26-28-34-44(53)59-37-40(61-45(54)35-29-27-25-23-21-19-17-15-13-11-9-7-5-2)38-60-65(57,58)64-42-33-31-30-32-41(42)62-49-46(50-39(3)52)48(56)47(55)43(36-51)63-49/h40-43,46-49,51,55-56H,4-38H2,1-3H3,(H,50,52)(H,57,58)/t40-,41-,42-,43-,46-,47-,48-,49+/m1/s1. The van der Waals surface area contributed by atoms with Gasteiger partial charge in [-0.25, -0.2) is 4.57 Å². The molecular formula is C49H92NO14P. The summed E-state index contributed by atoms with van der Waals surface area (Å²) in [7, 11) is -4.82. The van der Waals surface area contributed by atoms with Gasteiger partial charge in [0, 0.05) is 19.8 Å². The molecule has 0 aromatic rings. The Hall–Kier alpha value is -1.68. The lowest BCUT2D eigenvalue weighted by molar-refractivity contribution is -0.290. The molecule has 2 aliphatic rings. The van der Waals surface area contributed by atoms with E-state index >= 15 is 0 Å². The Balaban J connectivity index is 1.88. The highest BCUT2D eigenvalue weighted by Crippen LogP contribution is 2.47. The number of rotatable bonds is 40. The fourth-order valence-corrected chi connectivity index (χ4v) is 9.67. The number of phosphoric acid groups is 1. The molecule has 0 aromatic carbocycles. The van der Waals surface area contributed by atoms with E-state index in [9.17, 15) is 39.2 Å². The number of carbonyl (C=O) groups excluding carboxylic acids is 3. The zero-order valence-corrected chi connectivity index (χ0v) is 41.6. The number of esters is 2. The maximum atomic E-state index is 13.4. The lowest BCUT2D eigenvalue weighted by Gasteiger charge is -2.44. The van der Waals surface area contributed by atoms with Crippen molar-refractivity contribution >= 4 is 25.7 Å². The zero-order valence-electron chi connectivity index (χ0n) is 40.7. The highest BCUT2D eigenvalue weighted by molar-refractivity contribution is 7.47. The van der Waals surface area contributed by atoms with Gasteiger partial charge >= 0.3 is 19.8 Å². The Morgan fingerprint density at radius 2 is 1.09 bits per heavy atom. The first kappa shape index (κ1) is 59.4. The molecule has 9 atom stereocenters. The molecule has 0 bridgehead atoms. The highest BCUT2D eigenvalue weighted by atomic mass is 31.2. The molecule has 5 N–H and O–H groups in total. The van der Waals surface area contributed by atoms with Gasteiger partial charge in [0.25, 0.3) is 0 Å². The smallest absolute Gasteiger partial charge is 0.462 e. The van der Waals surface area contributed by atoms with Crippen molar-refractivity contribution in [1.29, 1.82) is 0 Å². The number of aliphatic hydroxyl groups is 3. The molecule has 1 saturated heterocycles. The second kappa shape index (κ2) is 37.2. The molecule has 382 valence electrons. The maximum Gasteiger partial charge on any atom is 0.472 e. The van der Waals surface area contributed by atoms with E-state index in [0.717, 1.165) is 38.5 Å². The van der Waals surface area contributed by atoms with Gasteiger partial charge in [0.05, 0.1) is 25.4 Å². The molecule has 1 unspecified atom stereocenters. The molecule has 15 nitrogen and oxygen atoms in total. The average Bonchev–Trinajstić information content (AvgIpc) is 3.28. The third-order valence-corrected chi connectivity index (χ3v) is 13.6. The molecular weight excluding hydrogens is 858 g/mol. The van der Waals surface area contributed by atoms with Crippen LogP contribution in [-0.4, -0.2) is 107 Å². The number of ether oxygens (including phenoxy) is 4. The maximum absolute atomic E-state index is 13.4. The summed E-state index contributed by atoms with van der Waals surface area (Å²) in [6.45, 7) is 4.15. The van der Waals surface area contributed by atoms with Crippen LogP contribution < -0.4 is 5.32 Å². The summed E-state index contributed by atoms with van der Waals surface area (Å²) < 4.78 is 47.4. The van der Waals surface area contributed by atoms with Crippen LogP contribution in [0.15, 0.2) is 0 Å². The molecule has 2 fully saturated rings. The molecule has 65 heavy (non-hydrogen) atoms. The van der Waals surface area contributed by atoms with E-state index in [1.807, 2.05) is 0 Å². The SMILES string of the molecule is CCCCCCCCCCCCCCCC(=O)OC[C@H](COP(=O)(O)O[C@@H]1CCCC[C@H]1O[C@H]1O[C@H](CO)[C@@H](O)[C@H](O)[C@H]1NC(C)=O)OC(=O)CCCCCCCCCCCCCCC. The lowest BCUT2D eigenvalue weighted by Crippen LogP contribution is -2.65. The second-order valence-corrected chi connectivity index (χ2v) is 20.0. The number of hydrogen-bond donors (Lipinski definition) is 5. The molecule has 0 aromatic heterocycles. The Morgan fingerprint density at radius 3 is 1.55 bits per heavy atom. The predicted octanol–water partition coefficient (Wildman–Crippen LogP) is 9.81. The fourth-order valence-electron chi connectivity index (χ4n) is 8.67. The summed E-state index contributed by atoms with van der Waals surface area (Å²) in [6.07, 6.45) is 24.4. The molecule has 1 aliphatic heterocycles. The number of amides is 1. The summed E-state index contributed by atoms with van der Waals surface area (Å²) in [5, 5.41) is 33.4. The van der Waals surface area contributed by atoms with Crippen LogP contribution in [-0.2, 0) is 46.9 Å². The van der Waals surface area contributed by atoms with E-state index in [2.05, 4.69) is 19.2 Å². The van der Waals surface area contributed by atoms with E-state index in [1.165, 1.54) is 122 Å². The van der Waals surface area contributed by atoms with Crippen LogP contribution in [0.4, 0.5) is 0 Å². The van der Waals surface area contributed by atoms with Gasteiger partial charge < -0.3 is 44.5 Å². The Kier molecular flexibility index (Phi) is 34.1. The van der Waals surface area contributed by atoms with Crippen LogP contribution in [0, 0.1) is 0 Å². The van der Waals surface area contributed by atoms with E-state index in [4.69, 9.17) is 28.0 Å². The van der Waals surface area contributed by atoms with Crippen molar-refractivity contribution in [1.82, 2.24) is 5.32 Å². The lowest BCUT2D eigenvalue weighted by atomic mass is 9.93. The van der Waals surface area contributed by atoms with Crippen molar-refractivity contribution in [2.75, 3.05) is 19.8 Å². The molecule has 1 heterocycles. The van der Waals surface area contributed by atoms with Crippen LogP contribution in [0.5, 0.6) is 0 Å². The van der Waals surface area contributed by atoms with Crippen molar-refractivity contribution in [3.8, 4) is 0 Å².